The molecule has 0 rings (SSSR count). The van der Waals surface area contributed by atoms with Crippen molar-refractivity contribution in [3.8, 4) is 0 Å². The van der Waals surface area contributed by atoms with Gasteiger partial charge in [0.2, 0.25) is 5.91 Å². The van der Waals surface area contributed by atoms with Gasteiger partial charge >= 0.3 is 5.97 Å². The van der Waals surface area contributed by atoms with Crippen molar-refractivity contribution in [1.82, 2.24) is 5.32 Å². The molecule has 2 unspecified atom stereocenters. The van der Waals surface area contributed by atoms with Crippen molar-refractivity contribution in [2.24, 2.45) is 0 Å². The average Bonchev–Trinajstić information content (AvgIpc) is 3.36. The third-order valence-corrected chi connectivity index (χ3v) is 15.1. The van der Waals surface area contributed by atoms with E-state index in [9.17, 15) is 19.8 Å². The molecule has 0 aliphatic rings. The number of esters is 1. The minimum atomic E-state index is -0.662. The van der Waals surface area contributed by atoms with Crippen LogP contribution in [0.5, 0.6) is 0 Å². The molecule has 0 aromatic rings. The van der Waals surface area contributed by atoms with E-state index >= 15 is 0 Å². The first kappa shape index (κ1) is 68.6. The summed E-state index contributed by atoms with van der Waals surface area (Å²) in [6, 6.07) is -0.539. The minimum absolute atomic E-state index is 0.00778. The first-order valence-electron chi connectivity index (χ1n) is 31.9. The van der Waals surface area contributed by atoms with E-state index in [4.69, 9.17) is 4.74 Å². The van der Waals surface area contributed by atoms with Crippen LogP contribution in [0.25, 0.3) is 0 Å². The van der Waals surface area contributed by atoms with Gasteiger partial charge in [-0.3, -0.25) is 9.59 Å². The lowest BCUT2D eigenvalue weighted by atomic mass is 10.0. The molecule has 0 aliphatic carbocycles. The van der Waals surface area contributed by atoms with Gasteiger partial charge in [-0.15, -0.1) is 0 Å². The average molecular weight is 989 g/mol. The largest absolute Gasteiger partial charge is 0.466 e. The monoisotopic (exact) mass is 988 g/mol. The van der Waals surface area contributed by atoms with Gasteiger partial charge in [0.05, 0.1) is 25.4 Å². The highest BCUT2D eigenvalue weighted by atomic mass is 16.5. The van der Waals surface area contributed by atoms with E-state index in [1.165, 1.54) is 283 Å². The Hall–Kier alpha value is -1.40. The summed E-state index contributed by atoms with van der Waals surface area (Å²) in [5.74, 6) is -0.0228. The van der Waals surface area contributed by atoms with Gasteiger partial charge in [-0.05, 0) is 51.4 Å². The Balaban J connectivity index is 3.35. The van der Waals surface area contributed by atoms with E-state index in [1.807, 2.05) is 0 Å². The zero-order chi connectivity index (χ0) is 50.7. The molecular weight excluding hydrogens is 863 g/mol. The Labute approximate surface area is 438 Å². The highest BCUT2D eigenvalue weighted by Gasteiger charge is 2.20. The van der Waals surface area contributed by atoms with E-state index < -0.39 is 12.1 Å². The number of nitrogens with one attached hydrogen (secondary N) is 1. The van der Waals surface area contributed by atoms with Crippen LogP contribution in [0.15, 0.2) is 12.2 Å². The van der Waals surface area contributed by atoms with Gasteiger partial charge in [0, 0.05) is 12.8 Å². The predicted molar refractivity (Wildman–Crippen MR) is 306 cm³/mol. The van der Waals surface area contributed by atoms with Crippen molar-refractivity contribution < 1.29 is 24.5 Å². The predicted octanol–water partition coefficient (Wildman–Crippen LogP) is 20.0. The number of hydrogen-bond acceptors (Lipinski definition) is 5. The molecule has 416 valence electrons. The van der Waals surface area contributed by atoms with Gasteiger partial charge in [0.25, 0.3) is 0 Å². The molecule has 0 heterocycles. The van der Waals surface area contributed by atoms with Gasteiger partial charge in [-0.1, -0.05) is 309 Å². The molecule has 6 nitrogen and oxygen atoms in total. The van der Waals surface area contributed by atoms with Gasteiger partial charge in [-0.2, -0.15) is 0 Å². The van der Waals surface area contributed by atoms with Crippen LogP contribution in [0.2, 0.25) is 0 Å². The van der Waals surface area contributed by atoms with E-state index in [0.717, 1.165) is 44.9 Å². The molecule has 0 aromatic heterocycles. The Kier molecular flexibility index (Phi) is 59.0. The SMILES string of the molecule is CCCCCC/C=C\CCCCCCCC(=O)OCCCCCCCCCCCCCCCCCCCCCCCCCCCC(=O)NC(CO)C(O)CCCCCCCCCCCCCCCCC. The second-order valence-electron chi connectivity index (χ2n) is 22.1. The van der Waals surface area contributed by atoms with Crippen molar-refractivity contribution in [3.05, 3.63) is 12.2 Å². The number of ether oxygens (including phenoxy) is 1. The van der Waals surface area contributed by atoms with Gasteiger partial charge < -0.3 is 20.3 Å². The molecular formula is C64H125NO5. The molecule has 0 bridgehead atoms. The van der Waals surface area contributed by atoms with E-state index in [2.05, 4.69) is 31.3 Å². The molecule has 0 radical (unpaired) electrons. The summed E-state index contributed by atoms with van der Waals surface area (Å²) in [5, 5.41) is 23.3. The summed E-state index contributed by atoms with van der Waals surface area (Å²) < 4.78 is 5.48. The normalized spacial score (nSPS) is 12.6. The molecule has 0 fully saturated rings. The van der Waals surface area contributed by atoms with Crippen molar-refractivity contribution in [2.45, 2.75) is 373 Å². The minimum Gasteiger partial charge on any atom is -0.466 e. The van der Waals surface area contributed by atoms with Gasteiger partial charge in [0.1, 0.15) is 0 Å². The summed E-state index contributed by atoms with van der Waals surface area (Å²) >= 11 is 0. The lowest BCUT2D eigenvalue weighted by molar-refractivity contribution is -0.143. The summed E-state index contributed by atoms with van der Waals surface area (Å²) in [4.78, 5) is 24.5. The molecule has 3 N–H and O–H groups in total. The van der Waals surface area contributed by atoms with Crippen LogP contribution in [0, 0.1) is 0 Å². The lowest BCUT2D eigenvalue weighted by Gasteiger charge is -2.22. The summed E-state index contributed by atoms with van der Waals surface area (Å²) in [5.41, 5.74) is 0. The zero-order valence-corrected chi connectivity index (χ0v) is 47.5. The number of carbonyl (C=O) groups excluding carboxylic acids is 2. The highest BCUT2D eigenvalue weighted by molar-refractivity contribution is 5.76. The second-order valence-corrected chi connectivity index (χ2v) is 22.1. The number of allylic oxidation sites excluding steroid dienone is 2. The number of carbonyl (C=O) groups is 2. The smallest absolute Gasteiger partial charge is 0.305 e. The van der Waals surface area contributed by atoms with Crippen LogP contribution in [0.3, 0.4) is 0 Å². The molecule has 6 heteroatoms. The zero-order valence-electron chi connectivity index (χ0n) is 47.5. The molecule has 0 aromatic carbocycles. The maximum Gasteiger partial charge on any atom is 0.305 e. The Morgan fingerprint density at radius 3 is 1.03 bits per heavy atom. The number of aliphatic hydroxyl groups excluding tert-OH is 2. The van der Waals surface area contributed by atoms with E-state index in [-0.39, 0.29) is 18.5 Å². The number of amides is 1. The topological polar surface area (TPSA) is 95.9 Å². The van der Waals surface area contributed by atoms with Crippen LogP contribution >= 0.6 is 0 Å². The van der Waals surface area contributed by atoms with Crippen LogP contribution in [-0.4, -0.2) is 47.4 Å². The second kappa shape index (κ2) is 60.2. The van der Waals surface area contributed by atoms with Crippen LogP contribution in [0.1, 0.15) is 361 Å². The fraction of sp³-hybridized carbons (Fsp3) is 0.938. The lowest BCUT2D eigenvalue weighted by Crippen LogP contribution is -2.45. The standard InChI is InChI=1S/C64H125NO5/c1-3-5-7-9-11-13-15-17-29-33-36-40-44-48-52-56-62(67)61(60-66)65-63(68)57-53-49-45-41-37-34-30-27-25-23-21-19-18-20-22-24-26-28-31-35-39-43-47-51-55-59-70-64(69)58-54-50-46-42-38-32-16-14-12-10-8-6-4-2/h14,16,61-62,66-67H,3-13,15,17-60H2,1-2H3,(H,65,68)/b16-14-. The van der Waals surface area contributed by atoms with Gasteiger partial charge in [-0.25, -0.2) is 0 Å². The summed E-state index contributed by atoms with van der Waals surface area (Å²) in [6.45, 7) is 4.96. The maximum atomic E-state index is 12.5. The molecule has 0 spiro atoms. The summed E-state index contributed by atoms with van der Waals surface area (Å²) in [7, 11) is 0. The van der Waals surface area contributed by atoms with Crippen molar-refractivity contribution >= 4 is 11.9 Å². The Morgan fingerprint density at radius 1 is 0.386 bits per heavy atom. The Morgan fingerprint density at radius 2 is 0.671 bits per heavy atom. The molecule has 0 saturated heterocycles. The number of hydrogen-bond donors (Lipinski definition) is 3. The first-order valence-corrected chi connectivity index (χ1v) is 31.9. The summed E-state index contributed by atoms with van der Waals surface area (Å²) in [6.07, 6.45) is 72.3. The van der Waals surface area contributed by atoms with Crippen LogP contribution < -0.4 is 5.32 Å². The van der Waals surface area contributed by atoms with Crippen molar-refractivity contribution in [2.75, 3.05) is 13.2 Å². The quantitative estimate of drug-likeness (QED) is 0.0321. The third-order valence-electron chi connectivity index (χ3n) is 15.1. The van der Waals surface area contributed by atoms with Crippen LogP contribution in [-0.2, 0) is 14.3 Å². The fourth-order valence-electron chi connectivity index (χ4n) is 10.2. The molecule has 0 saturated carbocycles. The van der Waals surface area contributed by atoms with E-state index in [1.54, 1.807) is 0 Å². The maximum absolute atomic E-state index is 12.5. The third kappa shape index (κ3) is 55.9. The van der Waals surface area contributed by atoms with Gasteiger partial charge in [0.15, 0.2) is 0 Å². The first-order chi connectivity index (χ1) is 34.5. The fourth-order valence-corrected chi connectivity index (χ4v) is 10.2. The molecule has 0 aliphatic heterocycles. The molecule has 2 atom stereocenters. The van der Waals surface area contributed by atoms with Crippen molar-refractivity contribution in [3.63, 3.8) is 0 Å². The number of rotatable bonds is 60. The van der Waals surface area contributed by atoms with E-state index in [0.29, 0.717) is 25.9 Å². The number of unbranched alkanes of at least 4 members (excludes halogenated alkanes) is 47. The van der Waals surface area contributed by atoms with Crippen LogP contribution in [0.4, 0.5) is 0 Å². The van der Waals surface area contributed by atoms with Crippen molar-refractivity contribution in [1.29, 1.82) is 0 Å². The highest BCUT2D eigenvalue weighted by Crippen LogP contribution is 2.18. The number of aliphatic hydroxyl groups is 2. The molecule has 1 amide bonds. The molecule has 70 heavy (non-hydrogen) atoms. The Bertz CT molecular complexity index is 1050.